The van der Waals surface area contributed by atoms with Crippen molar-refractivity contribution in [3.63, 3.8) is 0 Å². The summed E-state index contributed by atoms with van der Waals surface area (Å²) in [6.45, 7) is 4.41. The highest BCUT2D eigenvalue weighted by Crippen LogP contribution is 2.37. The topological polar surface area (TPSA) is 4.41 Å². The van der Waals surface area contributed by atoms with Gasteiger partial charge in [-0.1, -0.05) is 54.6 Å². The van der Waals surface area contributed by atoms with Crippen molar-refractivity contribution >= 4 is 32.2 Å². The molecule has 0 radical (unpaired) electrons. The first-order valence-electron chi connectivity index (χ1n) is 7.43. The molecule has 0 aliphatic rings. The number of rotatable bonds is 1. The number of benzene rings is 2. The van der Waals surface area contributed by atoms with Gasteiger partial charge in [0.2, 0.25) is 0 Å². The second kappa shape index (κ2) is 4.99. The van der Waals surface area contributed by atoms with Gasteiger partial charge < -0.3 is 4.40 Å². The third kappa shape index (κ3) is 1.84. The lowest BCUT2D eigenvalue weighted by molar-refractivity contribution is 1.09. The van der Waals surface area contributed by atoms with Crippen molar-refractivity contribution in [1.29, 1.82) is 0 Å². The largest absolute Gasteiger partial charge is 0.312 e. The maximum Gasteiger partial charge on any atom is 0.0673 e. The van der Waals surface area contributed by atoms with Crippen LogP contribution < -0.4 is 0 Å². The second-order valence-electron chi connectivity index (χ2n) is 5.68. The van der Waals surface area contributed by atoms with E-state index in [2.05, 4.69) is 94.8 Å². The predicted molar refractivity (Wildman–Crippen MR) is 97.5 cm³/mol. The Morgan fingerprint density at radius 3 is 2.18 bits per heavy atom. The van der Waals surface area contributed by atoms with Gasteiger partial charge in [-0.15, -0.1) is 0 Å². The summed E-state index contributed by atoms with van der Waals surface area (Å²) in [4.78, 5) is 0. The van der Waals surface area contributed by atoms with Crippen molar-refractivity contribution in [1.82, 2.24) is 4.40 Å². The van der Waals surface area contributed by atoms with Crippen molar-refractivity contribution in [3.8, 4) is 11.3 Å². The van der Waals surface area contributed by atoms with Gasteiger partial charge >= 0.3 is 0 Å². The molecule has 0 bridgehead atoms. The molecule has 0 spiro atoms. The zero-order valence-corrected chi connectivity index (χ0v) is 14.2. The summed E-state index contributed by atoms with van der Waals surface area (Å²) >= 11 is 3.77. The number of nitrogens with zero attached hydrogens (tertiary/aromatic N) is 1. The van der Waals surface area contributed by atoms with Crippen LogP contribution >= 0.6 is 15.9 Å². The van der Waals surface area contributed by atoms with Crippen LogP contribution in [0.5, 0.6) is 0 Å². The van der Waals surface area contributed by atoms with Crippen molar-refractivity contribution in [3.05, 3.63) is 76.4 Å². The van der Waals surface area contributed by atoms with Crippen molar-refractivity contribution < 1.29 is 0 Å². The van der Waals surface area contributed by atoms with Crippen LogP contribution in [-0.4, -0.2) is 4.40 Å². The first-order valence-corrected chi connectivity index (χ1v) is 8.22. The summed E-state index contributed by atoms with van der Waals surface area (Å²) in [6.07, 6.45) is 0. The quantitative estimate of drug-likeness (QED) is 0.388. The van der Waals surface area contributed by atoms with Gasteiger partial charge in [-0.2, -0.15) is 0 Å². The SMILES string of the molecule is Cc1c(C)n2c(-c3ccccc3)c(Br)cc2c2ccccc12. The first kappa shape index (κ1) is 13.6. The minimum Gasteiger partial charge on any atom is -0.312 e. The molecule has 22 heavy (non-hydrogen) atoms. The number of fused-ring (bicyclic) bond motifs is 3. The Kier molecular flexibility index (Phi) is 3.08. The van der Waals surface area contributed by atoms with Gasteiger partial charge in [0.05, 0.1) is 11.2 Å². The van der Waals surface area contributed by atoms with Crippen molar-refractivity contribution in [2.75, 3.05) is 0 Å². The van der Waals surface area contributed by atoms with Crippen molar-refractivity contribution in [2.24, 2.45) is 0 Å². The van der Waals surface area contributed by atoms with Crippen LogP contribution in [0.2, 0.25) is 0 Å². The van der Waals surface area contributed by atoms with E-state index in [0.29, 0.717) is 0 Å². The standard InChI is InChI=1S/C20H16BrN/c1-13-14(2)22-19(17-11-7-6-10-16(13)17)12-18(21)20(22)15-8-4-3-5-9-15/h3-12H,1-2H3. The van der Waals surface area contributed by atoms with E-state index in [9.17, 15) is 0 Å². The van der Waals surface area contributed by atoms with Gasteiger partial charge in [-0.25, -0.2) is 0 Å². The Bertz CT molecular complexity index is 997. The lowest BCUT2D eigenvalue weighted by Crippen LogP contribution is -1.98. The maximum absolute atomic E-state index is 3.77. The lowest BCUT2D eigenvalue weighted by Gasteiger charge is -2.14. The van der Waals surface area contributed by atoms with Crippen LogP contribution in [0.1, 0.15) is 11.3 Å². The number of hydrogen-bond acceptors (Lipinski definition) is 0. The van der Waals surface area contributed by atoms with E-state index in [1.165, 1.54) is 38.8 Å². The third-order valence-corrected chi connectivity index (χ3v) is 5.09. The Hall–Kier alpha value is -2.06. The Morgan fingerprint density at radius 2 is 1.45 bits per heavy atom. The second-order valence-corrected chi connectivity index (χ2v) is 6.54. The number of halogens is 1. The van der Waals surface area contributed by atoms with E-state index < -0.39 is 0 Å². The van der Waals surface area contributed by atoms with Crippen LogP contribution in [0.3, 0.4) is 0 Å². The number of hydrogen-bond donors (Lipinski definition) is 0. The molecule has 108 valence electrons. The van der Waals surface area contributed by atoms with E-state index in [0.717, 1.165) is 4.47 Å². The van der Waals surface area contributed by atoms with Gasteiger partial charge in [0, 0.05) is 15.6 Å². The molecule has 0 amide bonds. The molecule has 2 heterocycles. The summed E-state index contributed by atoms with van der Waals surface area (Å²) < 4.78 is 3.51. The Balaban J connectivity index is 2.23. The normalized spacial score (nSPS) is 11.4. The summed E-state index contributed by atoms with van der Waals surface area (Å²) in [7, 11) is 0. The maximum atomic E-state index is 3.77. The third-order valence-electron chi connectivity index (χ3n) is 4.49. The van der Waals surface area contributed by atoms with E-state index in [1.807, 2.05) is 0 Å². The molecule has 4 rings (SSSR count). The molecule has 0 unspecified atom stereocenters. The summed E-state index contributed by atoms with van der Waals surface area (Å²) in [5, 5.41) is 2.63. The van der Waals surface area contributed by atoms with Crippen LogP contribution in [0.4, 0.5) is 0 Å². The fraction of sp³-hybridized carbons (Fsp3) is 0.100. The molecule has 0 fully saturated rings. The van der Waals surface area contributed by atoms with Gasteiger partial charge in [0.25, 0.3) is 0 Å². The molecule has 2 aromatic carbocycles. The van der Waals surface area contributed by atoms with Gasteiger partial charge in [-0.05, 0) is 52.4 Å². The number of pyridine rings is 1. The number of aryl methyl sites for hydroxylation is 2. The monoisotopic (exact) mass is 349 g/mol. The van der Waals surface area contributed by atoms with Crippen molar-refractivity contribution in [2.45, 2.75) is 13.8 Å². The van der Waals surface area contributed by atoms with E-state index in [1.54, 1.807) is 0 Å². The average molecular weight is 350 g/mol. The van der Waals surface area contributed by atoms with E-state index in [4.69, 9.17) is 0 Å². The molecule has 2 aromatic heterocycles. The molecular weight excluding hydrogens is 334 g/mol. The number of aromatic nitrogens is 1. The first-order chi connectivity index (χ1) is 10.7. The minimum atomic E-state index is 1.14. The predicted octanol–water partition coefficient (Wildman–Crippen LogP) is 6.14. The van der Waals surface area contributed by atoms with Gasteiger partial charge in [-0.3, -0.25) is 0 Å². The van der Waals surface area contributed by atoms with Crippen LogP contribution in [0.25, 0.3) is 27.5 Å². The molecule has 2 heteroatoms. The molecular formula is C20H16BrN. The van der Waals surface area contributed by atoms with Crippen LogP contribution in [0.15, 0.2) is 65.1 Å². The minimum absolute atomic E-state index is 1.14. The molecule has 0 N–H and O–H groups in total. The van der Waals surface area contributed by atoms with Crippen LogP contribution in [0, 0.1) is 13.8 Å². The molecule has 0 aliphatic carbocycles. The smallest absolute Gasteiger partial charge is 0.0673 e. The highest BCUT2D eigenvalue weighted by Gasteiger charge is 2.16. The van der Waals surface area contributed by atoms with E-state index in [-0.39, 0.29) is 0 Å². The summed E-state index contributed by atoms with van der Waals surface area (Å²) in [5.41, 5.74) is 6.33. The van der Waals surface area contributed by atoms with Crippen LogP contribution in [-0.2, 0) is 0 Å². The highest BCUT2D eigenvalue weighted by molar-refractivity contribution is 9.10. The zero-order valence-electron chi connectivity index (χ0n) is 12.6. The fourth-order valence-corrected chi connectivity index (χ4v) is 3.91. The van der Waals surface area contributed by atoms with E-state index >= 15 is 0 Å². The lowest BCUT2D eigenvalue weighted by atomic mass is 10.0. The molecule has 0 aliphatic heterocycles. The summed E-state index contributed by atoms with van der Waals surface area (Å²) in [5.74, 6) is 0. The highest BCUT2D eigenvalue weighted by atomic mass is 79.9. The van der Waals surface area contributed by atoms with Gasteiger partial charge in [0.1, 0.15) is 0 Å². The fourth-order valence-electron chi connectivity index (χ4n) is 3.29. The molecule has 0 saturated carbocycles. The Morgan fingerprint density at radius 1 is 0.818 bits per heavy atom. The molecule has 4 aromatic rings. The summed E-state index contributed by atoms with van der Waals surface area (Å²) in [6, 6.07) is 21.4. The zero-order chi connectivity index (χ0) is 15.3. The molecule has 1 nitrogen and oxygen atoms in total. The van der Waals surface area contributed by atoms with Gasteiger partial charge in [0.15, 0.2) is 0 Å². The molecule has 0 saturated heterocycles. The Labute approximate surface area is 138 Å². The average Bonchev–Trinajstić information content (AvgIpc) is 2.91. The molecule has 0 atom stereocenters.